The maximum atomic E-state index is 12.3. The van der Waals surface area contributed by atoms with Crippen LogP contribution in [0.3, 0.4) is 0 Å². The summed E-state index contributed by atoms with van der Waals surface area (Å²) in [5, 5.41) is 5.69. The van der Waals surface area contributed by atoms with E-state index < -0.39 is 5.41 Å². The number of benzene rings is 1. The lowest BCUT2D eigenvalue weighted by Gasteiger charge is -2.28. The molecular weight excluding hydrogens is 394 g/mol. The van der Waals surface area contributed by atoms with E-state index in [1.807, 2.05) is 39.0 Å². The molecule has 1 rings (SSSR count). The van der Waals surface area contributed by atoms with E-state index in [4.69, 9.17) is 5.73 Å². The smallest absolute Gasteiger partial charge is 0.227 e. The van der Waals surface area contributed by atoms with E-state index in [1.54, 1.807) is 0 Å². The largest absolute Gasteiger partial charge is 0.355 e. The molecule has 7 heteroatoms. The van der Waals surface area contributed by atoms with Gasteiger partial charge in [0, 0.05) is 29.7 Å². The van der Waals surface area contributed by atoms with Crippen molar-refractivity contribution in [3.05, 3.63) is 28.2 Å². The van der Waals surface area contributed by atoms with Crippen LogP contribution in [0.15, 0.2) is 22.7 Å². The van der Waals surface area contributed by atoms with E-state index in [2.05, 4.69) is 26.6 Å². The van der Waals surface area contributed by atoms with E-state index in [0.29, 0.717) is 25.9 Å². The van der Waals surface area contributed by atoms with Crippen LogP contribution in [-0.4, -0.2) is 24.9 Å². The van der Waals surface area contributed by atoms with Gasteiger partial charge in [0.25, 0.3) is 0 Å². The molecule has 0 aliphatic heterocycles. The van der Waals surface area contributed by atoms with Crippen LogP contribution < -0.4 is 16.4 Å². The number of carbonyl (C=O) groups excluding carboxylic acids is 2. The Bertz CT molecular complexity index is 555. The number of carbonyl (C=O) groups is 2. The standard InChI is InChI=1S/C17H26BrN3O2.ClH/c1-4-17(5-2,11-19)16(23)20-9-8-15(22)21-14-10-13(18)7-6-12(14)3;/h6-7,10H,4-5,8-9,11,19H2,1-3H3,(H,20,23)(H,21,22);1H. The lowest BCUT2D eigenvalue weighted by atomic mass is 9.81. The quantitative estimate of drug-likeness (QED) is 0.602. The minimum absolute atomic E-state index is 0. The van der Waals surface area contributed by atoms with Gasteiger partial charge < -0.3 is 16.4 Å². The van der Waals surface area contributed by atoms with E-state index in [9.17, 15) is 9.59 Å². The van der Waals surface area contributed by atoms with Crippen LogP contribution in [0.5, 0.6) is 0 Å². The zero-order valence-corrected chi connectivity index (χ0v) is 16.9. The maximum Gasteiger partial charge on any atom is 0.227 e. The van der Waals surface area contributed by atoms with Gasteiger partial charge in [-0.1, -0.05) is 35.8 Å². The molecule has 0 heterocycles. The molecular formula is C17H27BrClN3O2. The molecule has 136 valence electrons. The highest BCUT2D eigenvalue weighted by atomic mass is 79.9. The lowest BCUT2D eigenvalue weighted by Crippen LogP contribution is -2.45. The Balaban J connectivity index is 0.00000529. The van der Waals surface area contributed by atoms with Gasteiger partial charge >= 0.3 is 0 Å². The summed E-state index contributed by atoms with van der Waals surface area (Å²) in [5.74, 6) is -0.200. The summed E-state index contributed by atoms with van der Waals surface area (Å²) in [4.78, 5) is 24.3. The number of nitrogens with one attached hydrogen (secondary N) is 2. The van der Waals surface area contributed by atoms with E-state index >= 15 is 0 Å². The minimum Gasteiger partial charge on any atom is -0.355 e. The molecule has 5 nitrogen and oxygen atoms in total. The summed E-state index contributed by atoms with van der Waals surface area (Å²) in [6, 6.07) is 5.71. The van der Waals surface area contributed by atoms with Gasteiger partial charge in [-0.3, -0.25) is 9.59 Å². The number of hydrogen-bond acceptors (Lipinski definition) is 3. The van der Waals surface area contributed by atoms with Crippen LogP contribution in [0.2, 0.25) is 0 Å². The molecule has 1 aromatic rings. The lowest BCUT2D eigenvalue weighted by molar-refractivity contribution is -0.131. The predicted octanol–water partition coefficient (Wildman–Crippen LogP) is 3.39. The first-order valence-corrected chi connectivity index (χ1v) is 8.72. The molecule has 0 bridgehead atoms. The van der Waals surface area contributed by atoms with E-state index in [0.717, 1.165) is 15.7 Å². The van der Waals surface area contributed by atoms with E-state index in [-0.39, 0.29) is 30.6 Å². The molecule has 2 amide bonds. The Morgan fingerprint density at radius 2 is 1.88 bits per heavy atom. The first-order chi connectivity index (χ1) is 10.9. The molecule has 0 aliphatic carbocycles. The van der Waals surface area contributed by atoms with Crippen LogP contribution >= 0.6 is 28.3 Å². The van der Waals surface area contributed by atoms with Crippen molar-refractivity contribution < 1.29 is 9.59 Å². The van der Waals surface area contributed by atoms with Crippen LogP contribution in [0.4, 0.5) is 5.69 Å². The third kappa shape index (κ3) is 6.07. The topological polar surface area (TPSA) is 84.2 Å². The summed E-state index contributed by atoms with van der Waals surface area (Å²) in [6.07, 6.45) is 1.61. The van der Waals surface area contributed by atoms with Crippen molar-refractivity contribution in [2.45, 2.75) is 40.0 Å². The number of nitrogens with two attached hydrogens (primary N) is 1. The van der Waals surface area contributed by atoms with Gasteiger partial charge in [-0.2, -0.15) is 0 Å². The summed E-state index contributed by atoms with van der Waals surface area (Å²) in [5.41, 5.74) is 6.98. The molecule has 0 fully saturated rings. The molecule has 0 radical (unpaired) electrons. The highest BCUT2D eigenvalue weighted by Gasteiger charge is 2.32. The molecule has 0 aromatic heterocycles. The van der Waals surface area contributed by atoms with Crippen molar-refractivity contribution in [3.63, 3.8) is 0 Å². The van der Waals surface area contributed by atoms with Crippen LogP contribution in [-0.2, 0) is 9.59 Å². The van der Waals surface area contributed by atoms with Gasteiger partial charge in [0.15, 0.2) is 0 Å². The van der Waals surface area contributed by atoms with Crippen LogP contribution in [0.1, 0.15) is 38.7 Å². The number of anilines is 1. The van der Waals surface area contributed by atoms with Gasteiger partial charge in [0.05, 0.1) is 5.41 Å². The second-order valence-corrected chi connectivity index (χ2v) is 6.62. The van der Waals surface area contributed by atoms with E-state index in [1.165, 1.54) is 0 Å². The van der Waals surface area contributed by atoms with Crippen molar-refractivity contribution in [1.29, 1.82) is 0 Å². The van der Waals surface area contributed by atoms with Gasteiger partial charge in [-0.15, -0.1) is 12.4 Å². The van der Waals surface area contributed by atoms with Gasteiger partial charge in [0.1, 0.15) is 0 Å². The highest BCUT2D eigenvalue weighted by molar-refractivity contribution is 9.10. The van der Waals surface area contributed by atoms with Gasteiger partial charge in [0.2, 0.25) is 11.8 Å². The van der Waals surface area contributed by atoms with Gasteiger partial charge in [-0.25, -0.2) is 0 Å². The molecule has 0 unspecified atom stereocenters. The molecule has 0 saturated carbocycles. The molecule has 0 aliphatic rings. The molecule has 1 aromatic carbocycles. The fourth-order valence-corrected chi connectivity index (χ4v) is 2.73. The van der Waals surface area contributed by atoms with Crippen molar-refractivity contribution in [2.24, 2.45) is 11.1 Å². The Labute approximate surface area is 158 Å². The van der Waals surface area contributed by atoms with Crippen LogP contribution in [0.25, 0.3) is 0 Å². The third-order valence-electron chi connectivity index (χ3n) is 4.34. The average Bonchev–Trinajstić information content (AvgIpc) is 2.53. The second kappa shape index (κ2) is 10.7. The minimum atomic E-state index is -0.530. The molecule has 24 heavy (non-hydrogen) atoms. The predicted molar refractivity (Wildman–Crippen MR) is 104 cm³/mol. The van der Waals surface area contributed by atoms with Crippen molar-refractivity contribution in [2.75, 3.05) is 18.4 Å². The Morgan fingerprint density at radius 3 is 2.42 bits per heavy atom. The first kappa shape index (κ1) is 22.9. The SMILES string of the molecule is CCC(CC)(CN)C(=O)NCCC(=O)Nc1cc(Br)ccc1C.Cl. The Morgan fingerprint density at radius 1 is 1.25 bits per heavy atom. The fraction of sp³-hybridized carbons (Fsp3) is 0.529. The number of aryl methyl sites for hydroxylation is 1. The zero-order chi connectivity index (χ0) is 17.5. The summed E-state index contributed by atoms with van der Waals surface area (Å²) < 4.78 is 0.908. The van der Waals surface area contributed by atoms with Crippen molar-refractivity contribution in [3.8, 4) is 0 Å². The molecule has 4 N–H and O–H groups in total. The van der Waals surface area contributed by atoms with Crippen LogP contribution in [0, 0.1) is 12.3 Å². The Hall–Kier alpha value is -1.11. The van der Waals surface area contributed by atoms with Crippen molar-refractivity contribution >= 4 is 45.8 Å². The molecule has 0 atom stereocenters. The maximum absolute atomic E-state index is 12.3. The fourth-order valence-electron chi connectivity index (χ4n) is 2.37. The summed E-state index contributed by atoms with van der Waals surface area (Å²) in [6.45, 7) is 6.47. The monoisotopic (exact) mass is 419 g/mol. The summed E-state index contributed by atoms with van der Waals surface area (Å²) >= 11 is 3.38. The Kier molecular flexibility index (Phi) is 10.2. The van der Waals surface area contributed by atoms with Crippen molar-refractivity contribution in [1.82, 2.24) is 5.32 Å². The van der Waals surface area contributed by atoms with Gasteiger partial charge in [-0.05, 0) is 37.5 Å². The number of halogens is 2. The third-order valence-corrected chi connectivity index (χ3v) is 4.83. The highest BCUT2D eigenvalue weighted by Crippen LogP contribution is 2.25. The normalized spacial score (nSPS) is 10.7. The molecule has 0 saturated heterocycles. The number of rotatable bonds is 8. The zero-order valence-electron chi connectivity index (χ0n) is 14.4. The number of amides is 2. The number of hydrogen-bond donors (Lipinski definition) is 3. The first-order valence-electron chi connectivity index (χ1n) is 7.93. The molecule has 0 spiro atoms. The average molecular weight is 421 g/mol. The summed E-state index contributed by atoms with van der Waals surface area (Å²) in [7, 11) is 0. The second-order valence-electron chi connectivity index (χ2n) is 5.70.